The van der Waals surface area contributed by atoms with Crippen LogP contribution in [0.3, 0.4) is 0 Å². The third kappa shape index (κ3) is 2.76. The predicted octanol–water partition coefficient (Wildman–Crippen LogP) is 3.08. The molecule has 1 heterocycles. The number of benzene rings is 1. The zero-order valence-corrected chi connectivity index (χ0v) is 12.2. The van der Waals surface area contributed by atoms with Crippen molar-refractivity contribution in [3.05, 3.63) is 29.8 Å². The van der Waals surface area contributed by atoms with Crippen LogP contribution in [0.2, 0.25) is 0 Å². The number of anilines is 1. The van der Waals surface area contributed by atoms with E-state index in [1.807, 2.05) is 26.0 Å². The molecule has 0 radical (unpaired) electrons. The molecule has 1 aromatic carbocycles. The summed E-state index contributed by atoms with van der Waals surface area (Å²) in [4.78, 5) is 2.28. The summed E-state index contributed by atoms with van der Waals surface area (Å²) in [6, 6.07) is 6.22. The highest BCUT2D eigenvalue weighted by Gasteiger charge is 2.26. The molecular weight excluding hydrogens is 238 g/mol. The molecule has 0 saturated heterocycles. The Morgan fingerprint density at radius 3 is 2.53 bits per heavy atom. The quantitative estimate of drug-likeness (QED) is 0.904. The summed E-state index contributed by atoms with van der Waals surface area (Å²) < 4.78 is 5.71. The number of hydrogen-bond acceptors (Lipinski definition) is 3. The van der Waals surface area contributed by atoms with Gasteiger partial charge in [-0.25, -0.2) is 0 Å². The van der Waals surface area contributed by atoms with Gasteiger partial charge < -0.3 is 14.7 Å². The van der Waals surface area contributed by atoms with Crippen LogP contribution >= 0.6 is 0 Å². The van der Waals surface area contributed by atoms with Crippen LogP contribution in [0, 0.1) is 0 Å². The van der Waals surface area contributed by atoms with Crippen LogP contribution in [0.15, 0.2) is 24.3 Å². The lowest BCUT2D eigenvalue weighted by atomic mass is 9.89. The molecule has 0 amide bonds. The van der Waals surface area contributed by atoms with Crippen LogP contribution in [0.4, 0.5) is 5.69 Å². The maximum Gasteiger partial charge on any atom is 0.129 e. The SMILES string of the molecule is CCN(CC)c1ccc2c(c1)OCC=C2C(C)(C)O. The standard InChI is InChI=1S/C16H23NO2/c1-5-17(6-2)12-7-8-13-14(16(3,4)18)9-10-19-15(13)11-12/h7-9,11,18H,5-6,10H2,1-4H3. The number of hydrogen-bond donors (Lipinski definition) is 1. The second-order valence-corrected chi connectivity index (χ2v) is 5.34. The first-order valence-corrected chi connectivity index (χ1v) is 6.92. The molecule has 1 N–H and O–H groups in total. The van der Waals surface area contributed by atoms with Crippen molar-refractivity contribution in [1.29, 1.82) is 0 Å². The van der Waals surface area contributed by atoms with Gasteiger partial charge in [-0.05, 0) is 51.5 Å². The molecule has 3 nitrogen and oxygen atoms in total. The van der Waals surface area contributed by atoms with Gasteiger partial charge >= 0.3 is 0 Å². The van der Waals surface area contributed by atoms with E-state index in [9.17, 15) is 5.11 Å². The third-order valence-electron chi connectivity index (χ3n) is 3.57. The van der Waals surface area contributed by atoms with Gasteiger partial charge in [0.05, 0.1) is 5.60 Å². The Labute approximate surface area is 115 Å². The lowest BCUT2D eigenvalue weighted by Gasteiger charge is -2.29. The van der Waals surface area contributed by atoms with Crippen molar-refractivity contribution in [3.8, 4) is 5.75 Å². The lowest BCUT2D eigenvalue weighted by Crippen LogP contribution is -2.25. The monoisotopic (exact) mass is 261 g/mol. The second kappa shape index (κ2) is 5.25. The highest BCUT2D eigenvalue weighted by atomic mass is 16.5. The van der Waals surface area contributed by atoms with Gasteiger partial charge in [0.2, 0.25) is 0 Å². The van der Waals surface area contributed by atoms with E-state index in [0.717, 1.165) is 30.0 Å². The minimum Gasteiger partial charge on any atom is -0.489 e. The number of aliphatic hydroxyl groups is 1. The summed E-state index contributed by atoms with van der Waals surface area (Å²) in [5, 5.41) is 10.2. The molecule has 0 saturated carbocycles. The van der Waals surface area contributed by atoms with E-state index in [1.165, 1.54) is 5.69 Å². The van der Waals surface area contributed by atoms with Crippen molar-refractivity contribution in [2.45, 2.75) is 33.3 Å². The van der Waals surface area contributed by atoms with Gasteiger partial charge in [-0.3, -0.25) is 0 Å². The summed E-state index contributed by atoms with van der Waals surface area (Å²) >= 11 is 0. The van der Waals surface area contributed by atoms with Crippen LogP contribution in [-0.2, 0) is 0 Å². The second-order valence-electron chi connectivity index (χ2n) is 5.34. The molecular formula is C16H23NO2. The molecule has 0 aliphatic carbocycles. The maximum absolute atomic E-state index is 10.2. The number of ether oxygens (including phenoxy) is 1. The molecule has 0 fully saturated rings. The van der Waals surface area contributed by atoms with Crippen LogP contribution < -0.4 is 9.64 Å². The van der Waals surface area contributed by atoms with Gasteiger partial charge in [-0.1, -0.05) is 0 Å². The first-order valence-electron chi connectivity index (χ1n) is 6.92. The largest absolute Gasteiger partial charge is 0.489 e. The fraction of sp³-hybridized carbons (Fsp3) is 0.500. The van der Waals surface area contributed by atoms with Gasteiger partial charge in [0.15, 0.2) is 0 Å². The zero-order chi connectivity index (χ0) is 14.0. The molecule has 1 aliphatic heterocycles. The van der Waals surface area contributed by atoms with Crippen LogP contribution in [0.5, 0.6) is 5.75 Å². The fourth-order valence-electron chi connectivity index (χ4n) is 2.54. The van der Waals surface area contributed by atoms with E-state index in [0.29, 0.717) is 6.61 Å². The van der Waals surface area contributed by atoms with Crippen molar-refractivity contribution in [3.63, 3.8) is 0 Å². The Hall–Kier alpha value is -1.48. The molecule has 3 heteroatoms. The maximum atomic E-state index is 10.2. The molecule has 104 valence electrons. The topological polar surface area (TPSA) is 32.7 Å². The van der Waals surface area contributed by atoms with Crippen molar-refractivity contribution in [2.24, 2.45) is 0 Å². The van der Waals surface area contributed by atoms with Gasteiger partial charge in [0.25, 0.3) is 0 Å². The average Bonchev–Trinajstić information content (AvgIpc) is 2.38. The zero-order valence-electron chi connectivity index (χ0n) is 12.2. The van der Waals surface area contributed by atoms with E-state index in [-0.39, 0.29) is 0 Å². The summed E-state index contributed by atoms with van der Waals surface area (Å²) in [6.45, 7) is 10.4. The smallest absolute Gasteiger partial charge is 0.129 e. The summed E-state index contributed by atoms with van der Waals surface area (Å²) in [6.07, 6.45) is 1.96. The average molecular weight is 261 g/mol. The molecule has 19 heavy (non-hydrogen) atoms. The van der Waals surface area contributed by atoms with Crippen LogP contribution in [0.25, 0.3) is 5.57 Å². The third-order valence-corrected chi connectivity index (χ3v) is 3.57. The summed E-state index contributed by atoms with van der Waals surface area (Å²) in [5.41, 5.74) is 2.27. The van der Waals surface area contributed by atoms with E-state index in [4.69, 9.17) is 4.74 Å². The van der Waals surface area contributed by atoms with Gasteiger partial charge in [0.1, 0.15) is 12.4 Å². The summed E-state index contributed by atoms with van der Waals surface area (Å²) in [7, 11) is 0. The number of fused-ring (bicyclic) bond motifs is 1. The molecule has 0 bridgehead atoms. The first-order chi connectivity index (χ1) is 8.97. The minimum atomic E-state index is -0.838. The van der Waals surface area contributed by atoms with Gasteiger partial charge in [-0.15, -0.1) is 0 Å². The molecule has 0 spiro atoms. The van der Waals surface area contributed by atoms with Crippen molar-refractivity contribution < 1.29 is 9.84 Å². The Morgan fingerprint density at radius 2 is 1.95 bits per heavy atom. The van der Waals surface area contributed by atoms with E-state index >= 15 is 0 Å². The molecule has 2 rings (SSSR count). The van der Waals surface area contributed by atoms with E-state index in [1.54, 1.807) is 0 Å². The highest BCUT2D eigenvalue weighted by Crippen LogP contribution is 2.38. The van der Waals surface area contributed by atoms with Crippen molar-refractivity contribution in [1.82, 2.24) is 0 Å². The minimum absolute atomic E-state index is 0.522. The van der Waals surface area contributed by atoms with Crippen molar-refractivity contribution in [2.75, 3.05) is 24.6 Å². The van der Waals surface area contributed by atoms with E-state index < -0.39 is 5.60 Å². The van der Waals surface area contributed by atoms with Crippen LogP contribution in [0.1, 0.15) is 33.3 Å². The molecule has 1 aromatic rings. The fourth-order valence-corrected chi connectivity index (χ4v) is 2.54. The first kappa shape index (κ1) is 13.9. The normalized spacial score (nSPS) is 14.5. The number of nitrogens with zero attached hydrogens (tertiary/aromatic N) is 1. The molecule has 0 atom stereocenters. The number of rotatable bonds is 4. The van der Waals surface area contributed by atoms with E-state index in [2.05, 4.69) is 30.9 Å². The van der Waals surface area contributed by atoms with Gasteiger partial charge in [0, 0.05) is 30.4 Å². The van der Waals surface area contributed by atoms with Crippen molar-refractivity contribution >= 4 is 11.3 Å². The lowest BCUT2D eigenvalue weighted by molar-refractivity contribution is 0.141. The predicted molar refractivity (Wildman–Crippen MR) is 79.8 cm³/mol. The Morgan fingerprint density at radius 1 is 1.26 bits per heavy atom. The Balaban J connectivity index is 2.40. The van der Waals surface area contributed by atoms with Crippen LogP contribution in [-0.4, -0.2) is 30.4 Å². The Bertz CT molecular complexity index is 482. The highest BCUT2D eigenvalue weighted by molar-refractivity contribution is 5.78. The molecule has 1 aliphatic rings. The molecule has 0 aromatic heterocycles. The summed E-state index contributed by atoms with van der Waals surface area (Å²) in [5.74, 6) is 0.865. The Kier molecular flexibility index (Phi) is 3.85. The van der Waals surface area contributed by atoms with Gasteiger partial charge in [-0.2, -0.15) is 0 Å². The molecule has 0 unspecified atom stereocenters.